The summed E-state index contributed by atoms with van der Waals surface area (Å²) in [6, 6.07) is 22.9. The number of carbonyl (C=O) groups is 2. The van der Waals surface area contributed by atoms with Crippen LogP contribution in [0.15, 0.2) is 83.3 Å². The van der Waals surface area contributed by atoms with Gasteiger partial charge in [-0.1, -0.05) is 54.1 Å². The fourth-order valence-electron chi connectivity index (χ4n) is 2.86. The molecule has 3 aromatic carbocycles. The molecule has 0 aliphatic heterocycles. The van der Waals surface area contributed by atoms with Gasteiger partial charge >= 0.3 is 6.03 Å². The molecule has 0 spiro atoms. The van der Waals surface area contributed by atoms with Crippen molar-refractivity contribution in [1.82, 2.24) is 5.32 Å². The average Bonchev–Trinajstić information content (AvgIpc) is 3.18. The lowest BCUT2D eigenvalue weighted by molar-refractivity contribution is 0.0940. The first-order chi connectivity index (χ1) is 13.6. The Labute approximate surface area is 165 Å². The van der Waals surface area contributed by atoms with Crippen molar-refractivity contribution < 1.29 is 14.0 Å². The van der Waals surface area contributed by atoms with E-state index in [0.29, 0.717) is 22.0 Å². The van der Waals surface area contributed by atoms with E-state index in [9.17, 15) is 9.59 Å². The minimum absolute atomic E-state index is 0.0172. The van der Waals surface area contributed by atoms with E-state index in [1.807, 2.05) is 42.5 Å². The lowest BCUT2D eigenvalue weighted by atomic mass is 10.1. The van der Waals surface area contributed by atoms with E-state index in [0.717, 1.165) is 10.8 Å². The van der Waals surface area contributed by atoms with Crippen LogP contribution < -0.4 is 10.6 Å². The van der Waals surface area contributed by atoms with Gasteiger partial charge in [-0.3, -0.25) is 10.1 Å². The SMILES string of the molecule is O=C(NC(=O)c1ccc(-c2ccccc2Cl)o1)Nc1ccc2ccccc2c1. The summed E-state index contributed by atoms with van der Waals surface area (Å²) in [7, 11) is 0. The molecule has 1 heterocycles. The van der Waals surface area contributed by atoms with Crippen molar-refractivity contribution >= 4 is 40.0 Å². The molecule has 2 N–H and O–H groups in total. The van der Waals surface area contributed by atoms with Gasteiger partial charge in [0.15, 0.2) is 5.76 Å². The summed E-state index contributed by atoms with van der Waals surface area (Å²) in [5.41, 5.74) is 1.25. The second-order valence-electron chi connectivity index (χ2n) is 6.11. The molecule has 0 aliphatic carbocycles. The Morgan fingerprint density at radius 1 is 0.821 bits per heavy atom. The highest BCUT2D eigenvalue weighted by Gasteiger charge is 2.16. The number of hydrogen-bond acceptors (Lipinski definition) is 3. The van der Waals surface area contributed by atoms with Crippen LogP contribution in [0.25, 0.3) is 22.1 Å². The van der Waals surface area contributed by atoms with Gasteiger partial charge in [-0.2, -0.15) is 0 Å². The number of hydrogen-bond donors (Lipinski definition) is 2. The largest absolute Gasteiger partial charge is 0.451 e. The number of carbonyl (C=O) groups excluding carboxylic acids is 2. The van der Waals surface area contributed by atoms with E-state index < -0.39 is 11.9 Å². The van der Waals surface area contributed by atoms with Crippen LogP contribution >= 0.6 is 11.6 Å². The molecule has 5 nitrogen and oxygen atoms in total. The van der Waals surface area contributed by atoms with Gasteiger partial charge in [0.2, 0.25) is 0 Å². The van der Waals surface area contributed by atoms with Crippen LogP contribution in [0.5, 0.6) is 0 Å². The van der Waals surface area contributed by atoms with Crippen LogP contribution in [0, 0.1) is 0 Å². The molecule has 0 atom stereocenters. The summed E-state index contributed by atoms with van der Waals surface area (Å²) in [5.74, 6) is -0.175. The fourth-order valence-corrected chi connectivity index (χ4v) is 3.09. The fraction of sp³-hybridized carbons (Fsp3) is 0. The summed E-state index contributed by atoms with van der Waals surface area (Å²) in [6.45, 7) is 0. The molecule has 0 bridgehead atoms. The van der Waals surface area contributed by atoms with Crippen LogP contribution in [0.2, 0.25) is 5.02 Å². The Morgan fingerprint density at radius 2 is 1.57 bits per heavy atom. The topological polar surface area (TPSA) is 71.3 Å². The van der Waals surface area contributed by atoms with Crippen molar-refractivity contribution in [2.75, 3.05) is 5.32 Å². The molecule has 0 radical (unpaired) electrons. The maximum absolute atomic E-state index is 12.3. The Balaban J connectivity index is 1.44. The molecule has 138 valence electrons. The van der Waals surface area contributed by atoms with Gasteiger partial charge < -0.3 is 9.73 Å². The van der Waals surface area contributed by atoms with Crippen LogP contribution in [0.4, 0.5) is 10.5 Å². The molecular formula is C22H15ClN2O3. The normalized spacial score (nSPS) is 10.6. The Bertz CT molecular complexity index is 1180. The number of imide groups is 1. The predicted molar refractivity (Wildman–Crippen MR) is 110 cm³/mol. The van der Waals surface area contributed by atoms with Gasteiger partial charge in [-0.15, -0.1) is 0 Å². The van der Waals surface area contributed by atoms with Crippen molar-refractivity contribution in [1.29, 1.82) is 0 Å². The highest BCUT2D eigenvalue weighted by molar-refractivity contribution is 6.33. The van der Waals surface area contributed by atoms with Gasteiger partial charge in [0.1, 0.15) is 5.76 Å². The van der Waals surface area contributed by atoms with E-state index >= 15 is 0 Å². The first-order valence-corrected chi connectivity index (χ1v) is 8.94. The highest BCUT2D eigenvalue weighted by atomic mass is 35.5. The third kappa shape index (κ3) is 3.75. The maximum atomic E-state index is 12.3. The first-order valence-electron chi connectivity index (χ1n) is 8.56. The van der Waals surface area contributed by atoms with E-state index in [1.54, 1.807) is 30.3 Å². The number of fused-ring (bicyclic) bond motifs is 1. The van der Waals surface area contributed by atoms with Crippen molar-refractivity contribution in [2.45, 2.75) is 0 Å². The summed E-state index contributed by atoms with van der Waals surface area (Å²) >= 11 is 6.14. The number of amides is 3. The molecule has 6 heteroatoms. The van der Waals surface area contributed by atoms with E-state index in [2.05, 4.69) is 10.6 Å². The molecule has 0 saturated carbocycles. The van der Waals surface area contributed by atoms with Gasteiger partial charge in [0.25, 0.3) is 5.91 Å². The monoisotopic (exact) mass is 390 g/mol. The summed E-state index contributed by atoms with van der Waals surface area (Å²) in [6.07, 6.45) is 0. The zero-order valence-electron chi connectivity index (χ0n) is 14.6. The minimum atomic E-state index is -0.643. The van der Waals surface area contributed by atoms with E-state index in [4.69, 9.17) is 16.0 Å². The predicted octanol–water partition coefficient (Wildman–Crippen LogP) is 5.72. The van der Waals surface area contributed by atoms with Crippen molar-refractivity contribution in [3.63, 3.8) is 0 Å². The van der Waals surface area contributed by atoms with Crippen molar-refractivity contribution in [3.8, 4) is 11.3 Å². The van der Waals surface area contributed by atoms with Crippen LogP contribution in [0.1, 0.15) is 10.6 Å². The lowest BCUT2D eigenvalue weighted by Gasteiger charge is -2.07. The molecule has 0 unspecified atom stereocenters. The number of rotatable bonds is 3. The quantitative estimate of drug-likeness (QED) is 0.470. The molecule has 0 fully saturated rings. The zero-order chi connectivity index (χ0) is 19.5. The number of furan rings is 1. The molecule has 3 amide bonds. The number of anilines is 1. The Kier molecular flexibility index (Phi) is 4.83. The molecule has 28 heavy (non-hydrogen) atoms. The number of urea groups is 1. The smallest absolute Gasteiger partial charge is 0.326 e. The summed E-state index contributed by atoms with van der Waals surface area (Å²) < 4.78 is 5.54. The summed E-state index contributed by atoms with van der Waals surface area (Å²) in [4.78, 5) is 24.4. The van der Waals surface area contributed by atoms with Gasteiger partial charge in [0.05, 0.1) is 5.02 Å². The van der Waals surface area contributed by atoms with E-state index in [-0.39, 0.29) is 5.76 Å². The lowest BCUT2D eigenvalue weighted by Crippen LogP contribution is -2.34. The highest BCUT2D eigenvalue weighted by Crippen LogP contribution is 2.29. The Morgan fingerprint density at radius 3 is 2.39 bits per heavy atom. The standard InChI is InChI=1S/C22H15ClN2O3/c23-18-8-4-3-7-17(18)19-11-12-20(28-19)21(26)25-22(27)24-16-10-9-14-5-1-2-6-15(14)13-16/h1-13H,(H2,24,25,26,27). The number of benzene rings is 3. The van der Waals surface area contributed by atoms with Gasteiger partial charge in [0, 0.05) is 11.3 Å². The Hall–Kier alpha value is -3.57. The van der Waals surface area contributed by atoms with Crippen LogP contribution in [0.3, 0.4) is 0 Å². The molecule has 4 rings (SSSR count). The minimum Gasteiger partial charge on any atom is -0.451 e. The third-order valence-corrected chi connectivity index (χ3v) is 4.53. The van der Waals surface area contributed by atoms with Gasteiger partial charge in [-0.05, 0) is 47.2 Å². The summed E-state index contributed by atoms with van der Waals surface area (Å²) in [5, 5.41) is 7.47. The molecule has 4 aromatic rings. The third-order valence-electron chi connectivity index (χ3n) is 4.20. The van der Waals surface area contributed by atoms with Crippen LogP contribution in [-0.4, -0.2) is 11.9 Å². The average molecular weight is 391 g/mol. The van der Waals surface area contributed by atoms with Gasteiger partial charge in [-0.25, -0.2) is 4.79 Å². The first kappa shape index (κ1) is 17.8. The zero-order valence-corrected chi connectivity index (χ0v) is 15.4. The molecule has 0 aliphatic rings. The number of nitrogens with one attached hydrogen (secondary N) is 2. The second kappa shape index (κ2) is 7.58. The van der Waals surface area contributed by atoms with Crippen LogP contribution in [-0.2, 0) is 0 Å². The second-order valence-corrected chi connectivity index (χ2v) is 6.52. The maximum Gasteiger partial charge on any atom is 0.326 e. The number of halogens is 1. The van der Waals surface area contributed by atoms with Crippen molar-refractivity contribution in [3.05, 3.63) is 89.6 Å². The van der Waals surface area contributed by atoms with E-state index in [1.165, 1.54) is 6.07 Å². The molecule has 1 aromatic heterocycles. The van der Waals surface area contributed by atoms with Crippen molar-refractivity contribution in [2.24, 2.45) is 0 Å². The molecular weight excluding hydrogens is 376 g/mol. The molecule has 0 saturated heterocycles.